The van der Waals surface area contributed by atoms with Gasteiger partial charge in [-0.25, -0.2) is 0 Å². The summed E-state index contributed by atoms with van der Waals surface area (Å²) < 4.78 is 38.3. The number of hydrogen-bond acceptors (Lipinski definition) is 3. The first kappa shape index (κ1) is 15.1. The van der Waals surface area contributed by atoms with Gasteiger partial charge in [-0.05, 0) is 18.2 Å². The van der Waals surface area contributed by atoms with E-state index in [1.165, 1.54) is 6.07 Å². The van der Waals surface area contributed by atoms with Crippen LogP contribution in [0.25, 0.3) is 17.0 Å². The molecule has 2 aliphatic heterocycles. The molecule has 5 heterocycles. The van der Waals surface area contributed by atoms with Crippen LogP contribution < -0.4 is 9.13 Å². The Kier molecular flexibility index (Phi) is 2.86. The zero-order valence-electron chi connectivity index (χ0n) is 13.5. The maximum absolute atomic E-state index is 14.7. The van der Waals surface area contributed by atoms with Gasteiger partial charge in [0.2, 0.25) is 17.6 Å². The number of ether oxygens (including phenoxy) is 1. The molecule has 0 saturated carbocycles. The molecule has 5 rings (SSSR count). The number of hydrogen-bond donors (Lipinski definition) is 1. The van der Waals surface area contributed by atoms with E-state index in [2.05, 4.69) is 11.6 Å². The summed E-state index contributed by atoms with van der Waals surface area (Å²) in [5, 5.41) is 9.46. The van der Waals surface area contributed by atoms with Crippen LogP contribution in [0, 0.1) is 11.9 Å². The third kappa shape index (κ3) is 1.68. The smallest absolute Gasteiger partial charge is 0.392 e. The average Bonchev–Trinajstić information content (AvgIpc) is 3.09. The summed E-state index contributed by atoms with van der Waals surface area (Å²) in [6.07, 6.45) is 3.45. The molecule has 5 nitrogen and oxygen atoms in total. The Morgan fingerprint density at radius 3 is 2.73 bits per heavy atom. The Balaban J connectivity index is 1.95. The molecule has 0 fully saturated rings. The van der Waals surface area contributed by atoms with Crippen LogP contribution in [0.4, 0.5) is 8.78 Å². The molecule has 3 aromatic heterocycles. The summed E-state index contributed by atoms with van der Waals surface area (Å²) in [5.41, 5.74) is 2.15. The van der Waals surface area contributed by atoms with Crippen LogP contribution in [0.5, 0.6) is 0 Å². The molecule has 0 bridgehead atoms. The van der Waals surface area contributed by atoms with Gasteiger partial charge >= 0.3 is 5.85 Å². The lowest BCUT2D eigenvalue weighted by atomic mass is 10.1. The average molecular weight is 353 g/mol. The fourth-order valence-electron chi connectivity index (χ4n) is 3.77. The van der Waals surface area contributed by atoms with Gasteiger partial charge in [0.25, 0.3) is 5.69 Å². The van der Waals surface area contributed by atoms with Gasteiger partial charge in [0.05, 0.1) is 6.61 Å². The third-order valence-corrected chi connectivity index (χ3v) is 4.82. The molecule has 7 heteroatoms. The normalized spacial score (nSPS) is 19.3. The molecule has 0 aromatic carbocycles. The number of aromatic nitrogens is 3. The summed E-state index contributed by atoms with van der Waals surface area (Å²) in [5.74, 6) is -2.81. The first-order chi connectivity index (χ1) is 12.6. The van der Waals surface area contributed by atoms with Gasteiger partial charge in [0, 0.05) is 30.3 Å². The minimum Gasteiger partial charge on any atom is -0.392 e. The summed E-state index contributed by atoms with van der Waals surface area (Å²) in [4.78, 5) is 3.33. The van der Waals surface area contributed by atoms with Crippen molar-refractivity contribution in [2.45, 2.75) is 12.5 Å². The molecule has 26 heavy (non-hydrogen) atoms. The minimum absolute atomic E-state index is 0.138. The van der Waals surface area contributed by atoms with Crippen molar-refractivity contribution in [2.75, 3.05) is 0 Å². The topological polar surface area (TPSA) is 50.1 Å². The number of aliphatic hydroxyl groups excluding tert-OH is 1. The maximum Gasteiger partial charge on any atom is 0.556 e. The van der Waals surface area contributed by atoms with Crippen LogP contribution >= 0.6 is 0 Å². The first-order valence-corrected chi connectivity index (χ1v) is 7.98. The fraction of sp³-hybridized carbons (Fsp3) is 0.105. The quantitative estimate of drug-likeness (QED) is 0.534. The monoisotopic (exact) mass is 353 g/mol. The van der Waals surface area contributed by atoms with Crippen LogP contribution in [0.15, 0.2) is 55.4 Å². The van der Waals surface area contributed by atoms with Crippen molar-refractivity contribution in [3.05, 3.63) is 84.1 Å². The largest absolute Gasteiger partial charge is 0.556 e. The molecule has 2 aliphatic rings. The van der Waals surface area contributed by atoms with Crippen LogP contribution in [0.2, 0.25) is 0 Å². The van der Waals surface area contributed by atoms with Crippen LogP contribution in [0.3, 0.4) is 0 Å². The standard InChI is InChI=1S/C19H13F2N3O2/c1-11-14-4-2-3-6-23(14)19(26-11)13-9-16(20)22-18(21)17(13)15-8-12(10-25)5-7-24(15)19/h2-9,25H,1,10H2/q+2. The van der Waals surface area contributed by atoms with Crippen molar-refractivity contribution >= 4 is 5.76 Å². The van der Waals surface area contributed by atoms with Gasteiger partial charge < -0.3 is 9.84 Å². The van der Waals surface area contributed by atoms with Crippen molar-refractivity contribution in [1.82, 2.24) is 4.98 Å². The van der Waals surface area contributed by atoms with Crippen LogP contribution in [0.1, 0.15) is 16.8 Å². The lowest BCUT2D eigenvalue weighted by molar-refractivity contribution is -1.00. The fourth-order valence-corrected chi connectivity index (χ4v) is 3.77. The Bertz CT molecular complexity index is 1120. The number of aliphatic hydroxyl groups is 1. The first-order valence-electron chi connectivity index (χ1n) is 7.98. The molecule has 1 atom stereocenters. The molecular formula is C19H13F2N3O2+2. The Labute approximate surface area is 147 Å². The highest BCUT2D eigenvalue weighted by molar-refractivity contribution is 5.66. The summed E-state index contributed by atoms with van der Waals surface area (Å²) in [6, 6.07) is 9.98. The lowest BCUT2D eigenvalue weighted by Gasteiger charge is -2.13. The number of fused-ring (bicyclic) bond motifs is 7. The number of pyridine rings is 3. The predicted octanol–water partition coefficient (Wildman–Crippen LogP) is 1.62. The molecular weight excluding hydrogens is 340 g/mol. The predicted molar refractivity (Wildman–Crippen MR) is 84.9 cm³/mol. The van der Waals surface area contributed by atoms with E-state index < -0.39 is 17.7 Å². The van der Waals surface area contributed by atoms with Crippen molar-refractivity contribution < 1.29 is 27.8 Å². The third-order valence-electron chi connectivity index (χ3n) is 4.82. The maximum atomic E-state index is 14.7. The van der Waals surface area contributed by atoms with Crippen molar-refractivity contribution in [1.29, 1.82) is 0 Å². The van der Waals surface area contributed by atoms with E-state index in [0.29, 0.717) is 22.7 Å². The highest BCUT2D eigenvalue weighted by Gasteiger charge is 2.69. The van der Waals surface area contributed by atoms with Crippen molar-refractivity contribution in [3.63, 3.8) is 0 Å². The van der Waals surface area contributed by atoms with E-state index >= 15 is 0 Å². The molecule has 1 unspecified atom stereocenters. The Hall–Kier alpha value is -3.19. The van der Waals surface area contributed by atoms with E-state index in [-0.39, 0.29) is 17.7 Å². The zero-order valence-corrected chi connectivity index (χ0v) is 13.5. The van der Waals surface area contributed by atoms with Gasteiger partial charge in [-0.3, -0.25) is 0 Å². The Morgan fingerprint density at radius 2 is 1.92 bits per heavy atom. The number of halogens is 2. The van der Waals surface area contributed by atoms with Crippen molar-refractivity contribution in [2.24, 2.45) is 0 Å². The van der Waals surface area contributed by atoms with Gasteiger partial charge in [-0.2, -0.15) is 13.8 Å². The second kappa shape index (κ2) is 4.92. The van der Waals surface area contributed by atoms with Gasteiger partial charge in [0.15, 0.2) is 23.7 Å². The molecule has 3 aromatic rings. The molecule has 128 valence electrons. The van der Waals surface area contributed by atoms with Crippen molar-refractivity contribution in [3.8, 4) is 11.3 Å². The zero-order chi connectivity index (χ0) is 18.1. The van der Waals surface area contributed by atoms with Crippen LogP contribution in [-0.4, -0.2) is 10.1 Å². The van der Waals surface area contributed by atoms with E-state index in [1.807, 2.05) is 12.1 Å². The van der Waals surface area contributed by atoms with Crippen LogP contribution in [-0.2, 0) is 17.2 Å². The lowest BCUT2D eigenvalue weighted by Crippen LogP contribution is -2.71. The highest BCUT2D eigenvalue weighted by Crippen LogP contribution is 2.43. The molecule has 0 radical (unpaired) electrons. The summed E-state index contributed by atoms with van der Waals surface area (Å²) in [6.45, 7) is 3.73. The SMILES string of the molecule is C=C1OC2(c3cc(F)nc(F)c3-c3cc(CO)cc[n+]32)[n+]2ccccc21. The van der Waals surface area contributed by atoms with E-state index in [9.17, 15) is 13.9 Å². The van der Waals surface area contributed by atoms with E-state index in [1.54, 1.807) is 39.7 Å². The second-order valence-electron chi connectivity index (χ2n) is 6.20. The number of rotatable bonds is 1. The second-order valence-corrected chi connectivity index (χ2v) is 6.20. The van der Waals surface area contributed by atoms with E-state index in [4.69, 9.17) is 4.74 Å². The summed E-state index contributed by atoms with van der Waals surface area (Å²) in [7, 11) is 0. The Morgan fingerprint density at radius 1 is 1.12 bits per heavy atom. The molecule has 0 aliphatic carbocycles. The van der Waals surface area contributed by atoms with E-state index in [0.717, 1.165) is 0 Å². The molecule has 0 saturated heterocycles. The van der Waals surface area contributed by atoms with Gasteiger partial charge in [-0.15, -0.1) is 0 Å². The summed E-state index contributed by atoms with van der Waals surface area (Å²) >= 11 is 0. The number of nitrogens with zero attached hydrogens (tertiary/aromatic N) is 3. The van der Waals surface area contributed by atoms with Gasteiger partial charge in [0.1, 0.15) is 5.56 Å². The molecule has 1 spiro atoms. The minimum atomic E-state index is -1.34. The molecule has 1 N–H and O–H groups in total. The molecule has 0 amide bonds. The highest BCUT2D eigenvalue weighted by atomic mass is 19.1. The van der Waals surface area contributed by atoms with Gasteiger partial charge in [-0.1, -0.05) is 9.13 Å².